The molecule has 6 nitrogen and oxygen atoms in total. The van der Waals surface area contributed by atoms with Crippen molar-refractivity contribution in [2.24, 2.45) is 11.8 Å². The van der Waals surface area contributed by atoms with Crippen molar-refractivity contribution < 1.29 is 36.6 Å². The predicted octanol–water partition coefficient (Wildman–Crippen LogP) is 4.39. The number of carboxylic acids is 1. The van der Waals surface area contributed by atoms with E-state index in [9.17, 15) is 31.5 Å². The van der Waals surface area contributed by atoms with Crippen molar-refractivity contribution in [2.75, 3.05) is 6.54 Å². The van der Waals surface area contributed by atoms with Gasteiger partial charge >= 0.3 is 12.1 Å². The minimum absolute atomic E-state index is 0.0144. The summed E-state index contributed by atoms with van der Waals surface area (Å²) in [4.78, 5) is 25.5. The third-order valence-electron chi connectivity index (χ3n) is 6.74. The smallest absolute Gasteiger partial charge is 0.435 e. The van der Waals surface area contributed by atoms with E-state index in [0.717, 1.165) is 16.8 Å². The molecule has 1 amide bonds. The van der Waals surface area contributed by atoms with E-state index in [2.05, 4.69) is 5.10 Å². The Morgan fingerprint density at radius 3 is 2.41 bits per heavy atom. The quantitative estimate of drug-likeness (QED) is 0.638. The summed E-state index contributed by atoms with van der Waals surface area (Å²) >= 11 is 0. The number of carbonyl (C=O) groups excluding carboxylic acids is 1. The molecule has 184 valence electrons. The van der Waals surface area contributed by atoms with Gasteiger partial charge < -0.3 is 10.0 Å². The molecule has 0 saturated heterocycles. The second-order valence-electron chi connectivity index (χ2n) is 9.00. The molecule has 1 aliphatic carbocycles. The fourth-order valence-corrected chi connectivity index (χ4v) is 4.85. The molecule has 0 unspecified atom stereocenters. The molecular formula is C23H24F5N3O3. The first-order chi connectivity index (χ1) is 16.0. The number of nitrogens with zero attached hydrogens (tertiary/aromatic N) is 3. The predicted molar refractivity (Wildman–Crippen MR) is 110 cm³/mol. The molecule has 1 saturated carbocycles. The number of carbonyl (C=O) groups is 2. The zero-order chi connectivity index (χ0) is 24.6. The number of hydrogen-bond acceptors (Lipinski definition) is 3. The van der Waals surface area contributed by atoms with Crippen molar-refractivity contribution in [3.05, 3.63) is 52.3 Å². The van der Waals surface area contributed by atoms with Gasteiger partial charge in [-0.15, -0.1) is 0 Å². The second kappa shape index (κ2) is 9.34. The van der Waals surface area contributed by atoms with E-state index in [1.807, 2.05) is 0 Å². The average molecular weight is 485 g/mol. The highest BCUT2D eigenvalue weighted by molar-refractivity contribution is 5.77. The van der Waals surface area contributed by atoms with Crippen LogP contribution in [-0.2, 0) is 35.3 Å². The van der Waals surface area contributed by atoms with E-state index in [0.29, 0.717) is 25.7 Å². The Labute approximate surface area is 192 Å². The van der Waals surface area contributed by atoms with Crippen LogP contribution in [0.25, 0.3) is 0 Å². The van der Waals surface area contributed by atoms with Crippen molar-refractivity contribution in [1.29, 1.82) is 0 Å². The SMILES string of the molecule is O=C(C[C@H]1CC[C@H](C(=O)O)CC1)N1CCc2c(C(F)(F)F)nn(Cc3ccc(F)c(F)c3)c2C1. The highest BCUT2D eigenvalue weighted by Gasteiger charge is 2.41. The lowest BCUT2D eigenvalue weighted by atomic mass is 9.80. The number of hydrogen-bond donors (Lipinski definition) is 1. The molecule has 34 heavy (non-hydrogen) atoms. The maximum absolute atomic E-state index is 13.6. The number of amides is 1. The highest BCUT2D eigenvalue weighted by atomic mass is 19.4. The zero-order valence-corrected chi connectivity index (χ0v) is 18.2. The second-order valence-corrected chi connectivity index (χ2v) is 9.00. The number of benzene rings is 1. The number of rotatable bonds is 5. The fraction of sp³-hybridized carbons (Fsp3) is 0.522. The fourth-order valence-electron chi connectivity index (χ4n) is 4.85. The standard InChI is InChI=1S/C23H24F5N3O3/c24-17-6-3-14(9-18(17)25)11-31-19-12-30(8-7-16(19)21(29-31)23(26,27)28)20(32)10-13-1-4-15(5-2-13)22(33)34/h3,6,9,13,15H,1-2,4-5,7-8,10-12H2,(H,33,34)/t13-,15-. The summed E-state index contributed by atoms with van der Waals surface area (Å²) in [6, 6.07) is 3.09. The van der Waals surface area contributed by atoms with E-state index < -0.39 is 35.4 Å². The van der Waals surface area contributed by atoms with Gasteiger partial charge in [0.15, 0.2) is 17.3 Å². The Balaban J connectivity index is 1.51. The first-order valence-corrected chi connectivity index (χ1v) is 11.1. The largest absolute Gasteiger partial charge is 0.481 e. The molecular weight excluding hydrogens is 461 g/mol. The molecule has 1 fully saturated rings. The Kier molecular flexibility index (Phi) is 6.64. The molecule has 4 rings (SSSR count). The summed E-state index contributed by atoms with van der Waals surface area (Å²) in [6.07, 6.45) is -2.23. The summed E-state index contributed by atoms with van der Waals surface area (Å²) in [5.74, 6) is -3.54. The lowest BCUT2D eigenvalue weighted by molar-refractivity contribution is -0.143. The summed E-state index contributed by atoms with van der Waals surface area (Å²) in [5.41, 5.74) is -0.534. The van der Waals surface area contributed by atoms with Crippen molar-refractivity contribution >= 4 is 11.9 Å². The van der Waals surface area contributed by atoms with Crippen LogP contribution in [0.5, 0.6) is 0 Å². The molecule has 0 spiro atoms. The number of alkyl halides is 3. The Bertz CT molecular complexity index is 1090. The number of fused-ring (bicyclic) bond motifs is 1. The van der Waals surface area contributed by atoms with E-state index in [1.165, 1.54) is 11.0 Å². The van der Waals surface area contributed by atoms with Crippen molar-refractivity contribution in [2.45, 2.75) is 57.8 Å². The molecule has 1 aliphatic heterocycles. The lowest BCUT2D eigenvalue weighted by Crippen LogP contribution is -2.38. The maximum Gasteiger partial charge on any atom is 0.435 e. The summed E-state index contributed by atoms with van der Waals surface area (Å²) in [7, 11) is 0. The minimum atomic E-state index is -4.68. The van der Waals surface area contributed by atoms with Gasteiger partial charge in [-0.25, -0.2) is 8.78 Å². The third kappa shape index (κ3) is 5.07. The summed E-state index contributed by atoms with van der Waals surface area (Å²) in [6.45, 7) is -0.140. The van der Waals surface area contributed by atoms with E-state index in [1.54, 1.807) is 0 Å². The summed E-state index contributed by atoms with van der Waals surface area (Å²) < 4.78 is 68.7. The first kappa shape index (κ1) is 24.2. The average Bonchev–Trinajstić information content (AvgIpc) is 3.15. The summed E-state index contributed by atoms with van der Waals surface area (Å²) in [5, 5.41) is 12.8. The van der Waals surface area contributed by atoms with Crippen molar-refractivity contribution in [3.8, 4) is 0 Å². The lowest BCUT2D eigenvalue weighted by Gasteiger charge is -2.31. The molecule has 1 aromatic carbocycles. The van der Waals surface area contributed by atoms with Gasteiger partial charge in [0.2, 0.25) is 5.91 Å². The van der Waals surface area contributed by atoms with Crippen LogP contribution in [0.15, 0.2) is 18.2 Å². The van der Waals surface area contributed by atoms with Crippen LogP contribution in [0.1, 0.15) is 54.6 Å². The number of aliphatic carboxylic acids is 1. The minimum Gasteiger partial charge on any atom is -0.481 e. The topological polar surface area (TPSA) is 75.4 Å². The number of aromatic nitrogens is 2. The van der Waals surface area contributed by atoms with Gasteiger partial charge in [0, 0.05) is 18.5 Å². The van der Waals surface area contributed by atoms with Gasteiger partial charge in [-0.05, 0) is 55.7 Å². The van der Waals surface area contributed by atoms with Gasteiger partial charge in [-0.1, -0.05) is 6.07 Å². The highest BCUT2D eigenvalue weighted by Crippen LogP contribution is 2.36. The molecule has 2 aromatic rings. The molecule has 0 radical (unpaired) electrons. The van der Waals surface area contributed by atoms with Crippen molar-refractivity contribution in [1.82, 2.24) is 14.7 Å². The van der Waals surface area contributed by atoms with Gasteiger partial charge in [0.1, 0.15) is 0 Å². The molecule has 2 aliphatic rings. The Morgan fingerprint density at radius 2 is 1.79 bits per heavy atom. The van der Waals surface area contributed by atoms with Gasteiger partial charge in [-0.3, -0.25) is 14.3 Å². The Hall–Kier alpha value is -2.98. The third-order valence-corrected chi connectivity index (χ3v) is 6.74. The van der Waals surface area contributed by atoms with Crippen LogP contribution in [0.4, 0.5) is 22.0 Å². The Morgan fingerprint density at radius 1 is 1.09 bits per heavy atom. The van der Waals surface area contributed by atoms with E-state index in [-0.39, 0.29) is 61.1 Å². The van der Waals surface area contributed by atoms with Gasteiger partial charge in [0.05, 0.1) is 24.7 Å². The van der Waals surface area contributed by atoms with E-state index >= 15 is 0 Å². The van der Waals surface area contributed by atoms with Crippen LogP contribution < -0.4 is 0 Å². The molecule has 1 aromatic heterocycles. The first-order valence-electron chi connectivity index (χ1n) is 11.1. The van der Waals surface area contributed by atoms with Crippen LogP contribution in [0, 0.1) is 23.5 Å². The number of halogens is 5. The van der Waals surface area contributed by atoms with Crippen molar-refractivity contribution in [3.63, 3.8) is 0 Å². The zero-order valence-electron chi connectivity index (χ0n) is 18.2. The van der Waals surface area contributed by atoms with Crippen LogP contribution in [0.2, 0.25) is 0 Å². The number of carboxylic acid groups (broad SMARTS) is 1. The van der Waals surface area contributed by atoms with Crippen LogP contribution >= 0.6 is 0 Å². The molecule has 2 heterocycles. The molecule has 11 heteroatoms. The van der Waals surface area contributed by atoms with Crippen LogP contribution in [0.3, 0.4) is 0 Å². The monoisotopic (exact) mass is 485 g/mol. The van der Waals surface area contributed by atoms with E-state index in [4.69, 9.17) is 5.11 Å². The molecule has 0 atom stereocenters. The van der Waals surface area contributed by atoms with Gasteiger partial charge in [-0.2, -0.15) is 18.3 Å². The molecule has 0 bridgehead atoms. The van der Waals surface area contributed by atoms with Crippen LogP contribution in [-0.4, -0.2) is 38.2 Å². The van der Waals surface area contributed by atoms with Gasteiger partial charge in [0.25, 0.3) is 0 Å². The maximum atomic E-state index is 13.6. The normalized spacial score (nSPS) is 20.8. The molecule has 1 N–H and O–H groups in total.